The van der Waals surface area contributed by atoms with Gasteiger partial charge in [0.2, 0.25) is 5.91 Å². The maximum atomic E-state index is 11.8. The molecule has 1 fully saturated rings. The van der Waals surface area contributed by atoms with Crippen LogP contribution in [-0.4, -0.2) is 26.2 Å². The van der Waals surface area contributed by atoms with E-state index >= 15 is 0 Å². The van der Waals surface area contributed by atoms with Gasteiger partial charge in [-0.2, -0.15) is 0 Å². The molecule has 5 heteroatoms. The van der Waals surface area contributed by atoms with E-state index in [1.807, 2.05) is 0 Å². The Morgan fingerprint density at radius 2 is 2.41 bits per heavy atom. The molecule has 0 spiro atoms. The summed E-state index contributed by atoms with van der Waals surface area (Å²) in [7, 11) is 1.57. The van der Waals surface area contributed by atoms with Crippen LogP contribution in [0.4, 0.5) is 11.4 Å². The van der Waals surface area contributed by atoms with Crippen LogP contribution in [0, 0.1) is 5.92 Å². The Morgan fingerprint density at radius 3 is 3.00 bits per heavy atom. The molecule has 1 aromatic carbocycles. The lowest BCUT2D eigenvalue weighted by Crippen LogP contribution is -2.23. The molecule has 0 aromatic heterocycles. The minimum Gasteiger partial charge on any atom is -0.497 e. The Morgan fingerprint density at radius 1 is 1.59 bits per heavy atom. The van der Waals surface area contributed by atoms with E-state index in [9.17, 15) is 4.79 Å². The average molecular weight is 236 g/mol. The van der Waals surface area contributed by atoms with Gasteiger partial charge in [-0.3, -0.25) is 4.79 Å². The molecule has 0 saturated carbocycles. The summed E-state index contributed by atoms with van der Waals surface area (Å²) in [5.41, 5.74) is 6.93. The zero-order valence-electron chi connectivity index (χ0n) is 9.73. The topological polar surface area (TPSA) is 73.6 Å². The number of rotatable bonds is 3. The number of nitrogen functional groups attached to an aromatic ring is 1. The first-order valence-electron chi connectivity index (χ1n) is 5.53. The number of benzene rings is 1. The van der Waals surface area contributed by atoms with Crippen molar-refractivity contribution in [2.45, 2.75) is 6.42 Å². The van der Waals surface area contributed by atoms with Crippen LogP contribution in [0.5, 0.6) is 5.75 Å². The van der Waals surface area contributed by atoms with Crippen LogP contribution >= 0.6 is 0 Å². The number of anilines is 2. The van der Waals surface area contributed by atoms with Crippen LogP contribution in [0.3, 0.4) is 0 Å². The number of nitrogens with two attached hydrogens (primary N) is 1. The van der Waals surface area contributed by atoms with E-state index in [1.54, 1.807) is 25.3 Å². The fraction of sp³-hybridized carbons (Fsp3) is 0.417. The number of amides is 1. The standard InChI is InChI=1S/C12H16N2O3/c1-16-9-2-3-11(10(13)6-9)14-12(15)8-4-5-17-7-8/h2-3,6,8H,4-5,7,13H2,1H3,(H,14,15). The summed E-state index contributed by atoms with van der Waals surface area (Å²) in [5, 5.41) is 2.80. The Balaban J connectivity index is 2.05. The summed E-state index contributed by atoms with van der Waals surface area (Å²) >= 11 is 0. The highest BCUT2D eigenvalue weighted by molar-refractivity contribution is 5.95. The van der Waals surface area contributed by atoms with Crippen molar-refractivity contribution in [2.24, 2.45) is 5.92 Å². The molecule has 1 heterocycles. The number of hydrogen-bond donors (Lipinski definition) is 2. The number of ether oxygens (including phenoxy) is 2. The van der Waals surface area contributed by atoms with Gasteiger partial charge in [0, 0.05) is 12.7 Å². The molecule has 3 N–H and O–H groups in total. The van der Waals surface area contributed by atoms with Crippen molar-refractivity contribution in [3.63, 3.8) is 0 Å². The number of carbonyl (C=O) groups excluding carboxylic acids is 1. The lowest BCUT2D eigenvalue weighted by molar-refractivity contribution is -0.119. The molecule has 1 aliphatic rings. The van der Waals surface area contributed by atoms with Crippen LogP contribution < -0.4 is 15.8 Å². The van der Waals surface area contributed by atoms with E-state index in [-0.39, 0.29) is 11.8 Å². The van der Waals surface area contributed by atoms with Crippen molar-refractivity contribution in [3.05, 3.63) is 18.2 Å². The van der Waals surface area contributed by atoms with Crippen molar-refractivity contribution in [3.8, 4) is 5.75 Å². The molecular weight excluding hydrogens is 220 g/mol. The summed E-state index contributed by atoms with van der Waals surface area (Å²) in [6.45, 7) is 1.14. The lowest BCUT2D eigenvalue weighted by Gasteiger charge is -2.12. The van der Waals surface area contributed by atoms with Crippen LogP contribution in [0.1, 0.15) is 6.42 Å². The van der Waals surface area contributed by atoms with Crippen LogP contribution in [-0.2, 0) is 9.53 Å². The summed E-state index contributed by atoms with van der Waals surface area (Å²) in [6.07, 6.45) is 0.766. The maximum absolute atomic E-state index is 11.8. The van der Waals surface area contributed by atoms with Crippen LogP contribution in [0.2, 0.25) is 0 Å². The summed E-state index contributed by atoms with van der Waals surface area (Å²) in [6, 6.07) is 5.18. The van der Waals surface area contributed by atoms with Crippen LogP contribution in [0.15, 0.2) is 18.2 Å². The molecule has 1 aliphatic heterocycles. The quantitative estimate of drug-likeness (QED) is 0.775. The highest BCUT2D eigenvalue weighted by atomic mass is 16.5. The third kappa shape index (κ3) is 2.68. The summed E-state index contributed by atoms with van der Waals surface area (Å²) in [5.74, 6) is 0.556. The Hall–Kier alpha value is -1.75. The molecule has 17 heavy (non-hydrogen) atoms. The first kappa shape index (κ1) is 11.7. The van der Waals surface area contributed by atoms with Gasteiger partial charge in [0.05, 0.1) is 31.0 Å². The van der Waals surface area contributed by atoms with E-state index < -0.39 is 0 Å². The van der Waals surface area contributed by atoms with Gasteiger partial charge >= 0.3 is 0 Å². The fourth-order valence-corrected chi connectivity index (χ4v) is 1.76. The highest BCUT2D eigenvalue weighted by Gasteiger charge is 2.23. The second-order valence-electron chi connectivity index (χ2n) is 4.00. The molecule has 5 nitrogen and oxygen atoms in total. The Labute approximate surface area is 99.9 Å². The SMILES string of the molecule is COc1ccc(NC(=O)C2CCOC2)c(N)c1. The minimum atomic E-state index is -0.0727. The van der Waals surface area contributed by atoms with Crippen molar-refractivity contribution >= 4 is 17.3 Å². The normalized spacial score (nSPS) is 19.0. The molecule has 1 unspecified atom stereocenters. The lowest BCUT2D eigenvalue weighted by atomic mass is 10.1. The largest absolute Gasteiger partial charge is 0.497 e. The summed E-state index contributed by atoms with van der Waals surface area (Å²) in [4.78, 5) is 11.8. The van der Waals surface area contributed by atoms with Gasteiger partial charge < -0.3 is 20.5 Å². The molecule has 1 aromatic rings. The minimum absolute atomic E-state index is 0.0423. The van der Waals surface area contributed by atoms with E-state index in [2.05, 4.69) is 5.32 Å². The maximum Gasteiger partial charge on any atom is 0.229 e. The zero-order valence-corrected chi connectivity index (χ0v) is 9.73. The second-order valence-corrected chi connectivity index (χ2v) is 4.00. The Bertz CT molecular complexity index is 414. The predicted molar refractivity (Wildman–Crippen MR) is 65.0 cm³/mol. The van der Waals surface area contributed by atoms with Crippen molar-refractivity contribution in [2.75, 3.05) is 31.4 Å². The van der Waals surface area contributed by atoms with Crippen molar-refractivity contribution in [1.29, 1.82) is 0 Å². The molecular formula is C12H16N2O3. The van der Waals surface area contributed by atoms with Crippen molar-refractivity contribution in [1.82, 2.24) is 0 Å². The molecule has 0 bridgehead atoms. The van der Waals surface area contributed by atoms with Gasteiger partial charge in [0.25, 0.3) is 0 Å². The van der Waals surface area contributed by atoms with E-state index in [0.29, 0.717) is 30.3 Å². The third-order valence-electron chi connectivity index (χ3n) is 2.82. The van der Waals surface area contributed by atoms with Crippen LogP contribution in [0.25, 0.3) is 0 Å². The number of carbonyl (C=O) groups is 1. The molecule has 1 saturated heterocycles. The second kappa shape index (κ2) is 5.05. The highest BCUT2D eigenvalue weighted by Crippen LogP contribution is 2.25. The van der Waals surface area contributed by atoms with E-state index in [0.717, 1.165) is 6.42 Å². The fourth-order valence-electron chi connectivity index (χ4n) is 1.76. The van der Waals surface area contributed by atoms with Gasteiger partial charge in [0.15, 0.2) is 0 Å². The molecule has 0 radical (unpaired) electrons. The van der Waals surface area contributed by atoms with Gasteiger partial charge in [-0.25, -0.2) is 0 Å². The van der Waals surface area contributed by atoms with E-state index in [1.165, 1.54) is 0 Å². The number of nitrogens with one attached hydrogen (secondary N) is 1. The van der Waals surface area contributed by atoms with Gasteiger partial charge in [0.1, 0.15) is 5.75 Å². The molecule has 0 aliphatic carbocycles. The smallest absolute Gasteiger partial charge is 0.229 e. The number of methoxy groups -OCH3 is 1. The van der Waals surface area contributed by atoms with E-state index in [4.69, 9.17) is 15.2 Å². The number of hydrogen-bond acceptors (Lipinski definition) is 4. The van der Waals surface area contributed by atoms with Crippen molar-refractivity contribution < 1.29 is 14.3 Å². The van der Waals surface area contributed by atoms with Gasteiger partial charge in [-0.05, 0) is 18.6 Å². The van der Waals surface area contributed by atoms with Gasteiger partial charge in [-0.15, -0.1) is 0 Å². The first-order valence-corrected chi connectivity index (χ1v) is 5.53. The molecule has 1 atom stereocenters. The first-order chi connectivity index (χ1) is 8.20. The molecule has 2 rings (SSSR count). The third-order valence-corrected chi connectivity index (χ3v) is 2.82. The molecule has 1 amide bonds. The monoisotopic (exact) mass is 236 g/mol. The predicted octanol–water partition coefficient (Wildman–Crippen LogP) is 1.25. The average Bonchev–Trinajstić information content (AvgIpc) is 2.85. The zero-order chi connectivity index (χ0) is 12.3. The van der Waals surface area contributed by atoms with Gasteiger partial charge in [-0.1, -0.05) is 0 Å². The molecule has 92 valence electrons. The Kier molecular flexibility index (Phi) is 3.49. The summed E-state index contributed by atoms with van der Waals surface area (Å²) < 4.78 is 10.2.